The predicted octanol–water partition coefficient (Wildman–Crippen LogP) is 4.42. The van der Waals surface area contributed by atoms with Gasteiger partial charge >= 0.3 is 0 Å². The Kier molecular flexibility index (Phi) is 7.95. The van der Waals surface area contributed by atoms with Gasteiger partial charge < -0.3 is 19.5 Å². The third kappa shape index (κ3) is 5.41. The van der Waals surface area contributed by atoms with Crippen LogP contribution < -0.4 is 9.80 Å². The summed E-state index contributed by atoms with van der Waals surface area (Å²) in [6.45, 7) is 8.90. The summed E-state index contributed by atoms with van der Waals surface area (Å²) in [5, 5.41) is 1.08. The SMILES string of the molecule is CCCCC1C(C)N=C(CCC(=O)N2CCCC2)N1c1nc(-c2cccc3[nH]ccc23)nc(N2CCOCC2)n1. The second-order valence-corrected chi connectivity index (χ2v) is 11.1. The molecule has 0 saturated carbocycles. The van der Waals surface area contributed by atoms with Crippen LogP contribution in [0.2, 0.25) is 0 Å². The van der Waals surface area contributed by atoms with Crippen LogP contribution in [0, 0.1) is 0 Å². The highest BCUT2D eigenvalue weighted by atomic mass is 16.5. The Morgan fingerprint density at radius 1 is 1.05 bits per heavy atom. The number of aromatic amines is 1. The molecule has 40 heavy (non-hydrogen) atoms. The smallest absolute Gasteiger partial charge is 0.236 e. The molecule has 1 N–H and O–H groups in total. The van der Waals surface area contributed by atoms with Crippen molar-refractivity contribution >= 4 is 34.5 Å². The molecular weight excluding hydrogens is 504 g/mol. The molecule has 2 saturated heterocycles. The summed E-state index contributed by atoms with van der Waals surface area (Å²) in [5.41, 5.74) is 2.02. The molecule has 0 radical (unpaired) electrons. The fourth-order valence-corrected chi connectivity index (χ4v) is 6.13. The van der Waals surface area contributed by atoms with Gasteiger partial charge in [0.1, 0.15) is 5.84 Å². The van der Waals surface area contributed by atoms with Crippen LogP contribution in [0.3, 0.4) is 0 Å². The first-order valence-electron chi connectivity index (χ1n) is 14.9. The molecule has 0 bridgehead atoms. The number of benzene rings is 1. The van der Waals surface area contributed by atoms with Gasteiger partial charge in [0.2, 0.25) is 17.8 Å². The van der Waals surface area contributed by atoms with Crippen LogP contribution in [0.25, 0.3) is 22.3 Å². The quantitative estimate of drug-likeness (QED) is 0.425. The fourth-order valence-electron chi connectivity index (χ4n) is 6.13. The number of unbranched alkanes of at least 4 members (excludes halogenated alkanes) is 1. The van der Waals surface area contributed by atoms with E-state index in [-0.39, 0.29) is 18.0 Å². The maximum absolute atomic E-state index is 13.0. The highest BCUT2D eigenvalue weighted by Gasteiger charge is 2.37. The largest absolute Gasteiger partial charge is 0.378 e. The number of carbonyl (C=O) groups is 1. The number of morpholine rings is 1. The molecule has 3 aliphatic heterocycles. The minimum absolute atomic E-state index is 0.101. The average Bonchev–Trinajstić information content (AvgIpc) is 3.75. The number of anilines is 2. The van der Waals surface area contributed by atoms with Crippen molar-refractivity contribution in [1.29, 1.82) is 0 Å². The molecule has 3 aliphatic rings. The summed E-state index contributed by atoms with van der Waals surface area (Å²) >= 11 is 0. The van der Waals surface area contributed by atoms with E-state index in [1.54, 1.807) is 0 Å². The molecule has 5 heterocycles. The Bertz CT molecular complexity index is 1360. The summed E-state index contributed by atoms with van der Waals surface area (Å²) in [5.74, 6) is 3.06. The van der Waals surface area contributed by atoms with Crippen LogP contribution in [0.15, 0.2) is 35.5 Å². The third-order valence-electron chi connectivity index (χ3n) is 8.35. The molecule has 2 atom stereocenters. The van der Waals surface area contributed by atoms with Crippen molar-refractivity contribution < 1.29 is 9.53 Å². The molecule has 10 heteroatoms. The lowest BCUT2D eigenvalue weighted by atomic mass is 10.0. The van der Waals surface area contributed by atoms with Crippen molar-refractivity contribution in [2.75, 3.05) is 49.2 Å². The number of nitrogens with one attached hydrogen (secondary N) is 1. The lowest BCUT2D eigenvalue weighted by Crippen LogP contribution is -2.42. The second-order valence-electron chi connectivity index (χ2n) is 11.1. The van der Waals surface area contributed by atoms with Gasteiger partial charge in [-0.2, -0.15) is 15.0 Å². The molecule has 3 aromatic rings. The Balaban J connectivity index is 1.39. The highest BCUT2D eigenvalue weighted by Crippen LogP contribution is 2.33. The van der Waals surface area contributed by atoms with Crippen molar-refractivity contribution in [3.63, 3.8) is 0 Å². The zero-order valence-electron chi connectivity index (χ0n) is 23.7. The Labute approximate surface area is 235 Å². The van der Waals surface area contributed by atoms with E-state index >= 15 is 0 Å². The number of hydrogen-bond acceptors (Lipinski definition) is 8. The molecule has 2 unspecified atom stereocenters. The van der Waals surface area contributed by atoms with Crippen LogP contribution in [-0.4, -0.2) is 88.1 Å². The van der Waals surface area contributed by atoms with Gasteiger partial charge in [0.25, 0.3) is 0 Å². The van der Waals surface area contributed by atoms with Crippen molar-refractivity contribution in [1.82, 2.24) is 24.8 Å². The minimum atomic E-state index is 0.101. The van der Waals surface area contributed by atoms with E-state index in [4.69, 9.17) is 24.7 Å². The lowest BCUT2D eigenvalue weighted by Gasteiger charge is -2.31. The Morgan fingerprint density at radius 3 is 2.65 bits per heavy atom. The van der Waals surface area contributed by atoms with Crippen molar-refractivity contribution in [2.45, 2.75) is 70.9 Å². The number of H-pyrrole nitrogens is 1. The number of amidine groups is 1. The van der Waals surface area contributed by atoms with Crippen LogP contribution in [0.4, 0.5) is 11.9 Å². The van der Waals surface area contributed by atoms with Gasteiger partial charge in [-0.25, -0.2) is 0 Å². The Morgan fingerprint density at radius 2 is 1.85 bits per heavy atom. The number of aliphatic imine (C=N–C) groups is 1. The normalized spacial score (nSPS) is 21.4. The van der Waals surface area contributed by atoms with E-state index in [9.17, 15) is 4.79 Å². The lowest BCUT2D eigenvalue weighted by molar-refractivity contribution is -0.129. The zero-order valence-corrected chi connectivity index (χ0v) is 23.7. The summed E-state index contributed by atoms with van der Waals surface area (Å²) < 4.78 is 5.62. The highest BCUT2D eigenvalue weighted by molar-refractivity contribution is 6.01. The number of nitrogens with zero attached hydrogens (tertiary/aromatic N) is 7. The van der Waals surface area contributed by atoms with Gasteiger partial charge in [0, 0.05) is 61.7 Å². The van der Waals surface area contributed by atoms with E-state index in [2.05, 4.69) is 46.8 Å². The molecule has 2 fully saturated rings. The van der Waals surface area contributed by atoms with Crippen molar-refractivity contribution in [3.05, 3.63) is 30.5 Å². The number of rotatable bonds is 9. The number of hydrogen-bond donors (Lipinski definition) is 1. The summed E-state index contributed by atoms with van der Waals surface area (Å²) in [7, 11) is 0. The van der Waals surface area contributed by atoms with Crippen LogP contribution >= 0.6 is 0 Å². The molecule has 1 amide bonds. The first kappa shape index (κ1) is 26.7. The van der Waals surface area contributed by atoms with Gasteiger partial charge in [-0.1, -0.05) is 31.9 Å². The molecule has 2 aromatic heterocycles. The van der Waals surface area contributed by atoms with E-state index < -0.39 is 0 Å². The van der Waals surface area contributed by atoms with Gasteiger partial charge in [0.05, 0.1) is 25.3 Å². The fraction of sp³-hybridized carbons (Fsp3) is 0.567. The number of ether oxygens (including phenoxy) is 1. The average molecular weight is 545 g/mol. The molecule has 0 spiro atoms. The van der Waals surface area contributed by atoms with Crippen molar-refractivity contribution in [3.8, 4) is 11.4 Å². The van der Waals surface area contributed by atoms with Crippen LogP contribution in [0.1, 0.15) is 58.8 Å². The molecule has 6 rings (SSSR count). The monoisotopic (exact) mass is 544 g/mol. The summed E-state index contributed by atoms with van der Waals surface area (Å²) in [6, 6.07) is 8.49. The van der Waals surface area contributed by atoms with Crippen molar-refractivity contribution in [2.24, 2.45) is 4.99 Å². The third-order valence-corrected chi connectivity index (χ3v) is 8.35. The molecule has 212 valence electrons. The summed E-state index contributed by atoms with van der Waals surface area (Å²) in [4.78, 5) is 43.0. The second kappa shape index (κ2) is 11.9. The number of aromatic nitrogens is 4. The van der Waals surface area contributed by atoms with Gasteiger partial charge in [0.15, 0.2) is 5.82 Å². The first-order valence-corrected chi connectivity index (χ1v) is 14.9. The number of carbonyl (C=O) groups excluding carboxylic acids is 1. The molecule has 10 nitrogen and oxygen atoms in total. The minimum Gasteiger partial charge on any atom is -0.378 e. The van der Waals surface area contributed by atoms with Gasteiger partial charge in [-0.15, -0.1) is 0 Å². The Hall–Kier alpha value is -3.53. The van der Waals surface area contributed by atoms with Gasteiger partial charge in [-0.3, -0.25) is 14.7 Å². The number of amides is 1. The number of likely N-dealkylation sites (tertiary alicyclic amines) is 1. The molecule has 1 aromatic carbocycles. The zero-order chi connectivity index (χ0) is 27.5. The van der Waals surface area contributed by atoms with E-state index in [1.165, 1.54) is 0 Å². The van der Waals surface area contributed by atoms with E-state index in [1.807, 2.05) is 17.2 Å². The number of fused-ring (bicyclic) bond motifs is 1. The standard InChI is InChI=1S/C30H40N8O2/c1-3-4-10-25-21(2)32-26(11-12-27(39)36-15-5-6-16-36)38(25)30-34-28(23-8-7-9-24-22(23)13-14-31-24)33-29(35-30)37-17-19-40-20-18-37/h7-9,13-14,21,25,31H,3-6,10-12,15-20H2,1-2H3. The predicted molar refractivity (Wildman–Crippen MR) is 158 cm³/mol. The maximum atomic E-state index is 13.0. The maximum Gasteiger partial charge on any atom is 0.236 e. The molecular formula is C30H40N8O2. The topological polar surface area (TPSA) is 103 Å². The molecule has 0 aliphatic carbocycles. The van der Waals surface area contributed by atoms with Crippen LogP contribution in [0.5, 0.6) is 0 Å². The summed E-state index contributed by atoms with van der Waals surface area (Å²) in [6.07, 6.45) is 8.38. The van der Waals surface area contributed by atoms with E-state index in [0.717, 1.165) is 80.6 Å². The van der Waals surface area contributed by atoms with E-state index in [0.29, 0.717) is 43.8 Å². The first-order chi connectivity index (χ1) is 19.6. The van der Waals surface area contributed by atoms with Crippen LogP contribution in [-0.2, 0) is 9.53 Å². The van der Waals surface area contributed by atoms with Gasteiger partial charge in [-0.05, 0) is 38.3 Å².